The van der Waals surface area contributed by atoms with Crippen LogP contribution in [0.1, 0.15) is 16.7 Å². The molecule has 1 aromatic heterocycles. The molecule has 0 aliphatic heterocycles. The van der Waals surface area contributed by atoms with Crippen molar-refractivity contribution in [1.29, 1.82) is 5.26 Å². The number of aromatic nitrogens is 2. The summed E-state index contributed by atoms with van der Waals surface area (Å²) in [6.45, 7) is 0.158. The zero-order valence-corrected chi connectivity index (χ0v) is 18.7. The molecule has 1 heterocycles. The Morgan fingerprint density at radius 2 is 1.94 bits per heavy atom. The van der Waals surface area contributed by atoms with E-state index in [2.05, 4.69) is 20.5 Å². The average molecular weight is 469 g/mol. The zero-order chi connectivity index (χ0) is 24.6. The molecule has 35 heavy (non-hydrogen) atoms. The Hall–Kier alpha value is -4.97. The Bertz CT molecular complexity index is 1460. The first-order valence-corrected chi connectivity index (χ1v) is 10.5. The van der Waals surface area contributed by atoms with Crippen LogP contribution in [0, 0.1) is 17.1 Å². The first-order valence-electron chi connectivity index (χ1n) is 10.5. The van der Waals surface area contributed by atoms with E-state index in [1.807, 2.05) is 12.1 Å². The summed E-state index contributed by atoms with van der Waals surface area (Å²) in [6.07, 6.45) is 1.51. The molecular weight excluding hydrogens is 449 g/mol. The quantitative estimate of drug-likeness (QED) is 0.291. The molecule has 0 radical (unpaired) electrons. The van der Waals surface area contributed by atoms with Crippen LogP contribution in [0.5, 0.6) is 11.5 Å². The van der Waals surface area contributed by atoms with E-state index in [0.29, 0.717) is 28.2 Å². The number of halogens is 1. The fourth-order valence-electron chi connectivity index (χ4n) is 3.28. The highest BCUT2D eigenvalue weighted by Crippen LogP contribution is 2.28. The number of rotatable bonds is 8. The summed E-state index contributed by atoms with van der Waals surface area (Å²) in [5, 5.41) is 13.5. The summed E-state index contributed by atoms with van der Waals surface area (Å²) >= 11 is 0. The molecule has 8 nitrogen and oxygen atoms in total. The van der Waals surface area contributed by atoms with E-state index >= 15 is 0 Å². The second-order valence-corrected chi connectivity index (χ2v) is 7.31. The number of nitrogens with one attached hydrogen (secondary N) is 2. The van der Waals surface area contributed by atoms with Crippen LogP contribution >= 0.6 is 0 Å². The number of aromatic amines is 1. The Labute approximate surface area is 200 Å². The molecule has 0 fully saturated rings. The van der Waals surface area contributed by atoms with Crippen molar-refractivity contribution < 1.29 is 13.9 Å². The van der Waals surface area contributed by atoms with E-state index in [-0.39, 0.29) is 29.6 Å². The Balaban J connectivity index is 1.52. The normalized spacial score (nSPS) is 10.7. The molecule has 0 saturated carbocycles. The van der Waals surface area contributed by atoms with Gasteiger partial charge in [0.25, 0.3) is 5.56 Å². The number of anilines is 1. The maximum atomic E-state index is 13.4. The molecule has 4 aromatic rings. The van der Waals surface area contributed by atoms with Gasteiger partial charge in [0.2, 0.25) is 5.95 Å². The molecule has 9 heteroatoms. The fraction of sp³-hybridized carbons (Fsp3) is 0.0769. The van der Waals surface area contributed by atoms with Crippen LogP contribution in [0.3, 0.4) is 0 Å². The van der Waals surface area contributed by atoms with Crippen LogP contribution in [0.4, 0.5) is 10.3 Å². The van der Waals surface area contributed by atoms with Crippen LogP contribution in [-0.2, 0) is 6.61 Å². The van der Waals surface area contributed by atoms with E-state index in [1.165, 1.54) is 25.5 Å². The summed E-state index contributed by atoms with van der Waals surface area (Å²) < 4.78 is 24.6. The summed E-state index contributed by atoms with van der Waals surface area (Å²) in [4.78, 5) is 19.2. The predicted octanol–water partition coefficient (Wildman–Crippen LogP) is 4.48. The number of hydrogen-bond acceptors (Lipinski definition) is 7. The van der Waals surface area contributed by atoms with Gasteiger partial charge in [-0.3, -0.25) is 9.78 Å². The summed E-state index contributed by atoms with van der Waals surface area (Å²) in [6, 6.07) is 22.2. The largest absolute Gasteiger partial charge is 0.493 e. The van der Waals surface area contributed by atoms with Crippen molar-refractivity contribution in [3.63, 3.8) is 0 Å². The molecule has 0 aliphatic rings. The zero-order valence-electron chi connectivity index (χ0n) is 18.7. The Morgan fingerprint density at radius 3 is 2.69 bits per heavy atom. The van der Waals surface area contributed by atoms with Gasteiger partial charge in [-0.15, -0.1) is 0 Å². The first-order chi connectivity index (χ1) is 17.1. The van der Waals surface area contributed by atoms with Crippen LogP contribution in [0.2, 0.25) is 0 Å². The summed E-state index contributed by atoms with van der Waals surface area (Å²) in [7, 11) is 1.52. The Kier molecular flexibility index (Phi) is 7.13. The lowest BCUT2D eigenvalue weighted by molar-refractivity contribution is 0.284. The molecule has 0 unspecified atom stereocenters. The van der Waals surface area contributed by atoms with Crippen molar-refractivity contribution in [3.8, 4) is 28.8 Å². The van der Waals surface area contributed by atoms with Crippen LogP contribution in [0.15, 0.2) is 82.7 Å². The van der Waals surface area contributed by atoms with Gasteiger partial charge in [-0.1, -0.05) is 42.5 Å². The highest BCUT2D eigenvalue weighted by atomic mass is 19.1. The van der Waals surface area contributed by atoms with Gasteiger partial charge in [-0.25, -0.2) is 14.8 Å². The lowest BCUT2D eigenvalue weighted by atomic mass is 10.1. The minimum Gasteiger partial charge on any atom is -0.493 e. The van der Waals surface area contributed by atoms with Gasteiger partial charge in [0, 0.05) is 5.56 Å². The average Bonchev–Trinajstić information content (AvgIpc) is 2.88. The maximum absolute atomic E-state index is 13.4. The molecular formula is C26H20FN5O3. The van der Waals surface area contributed by atoms with Crippen LogP contribution in [-0.4, -0.2) is 23.3 Å². The molecule has 0 bridgehead atoms. The molecule has 2 N–H and O–H groups in total. The number of H-pyrrole nitrogens is 1. The highest BCUT2D eigenvalue weighted by Gasteiger charge is 2.13. The number of methoxy groups -OCH3 is 1. The first kappa shape index (κ1) is 23.2. The molecule has 0 atom stereocenters. The van der Waals surface area contributed by atoms with E-state index in [0.717, 1.165) is 0 Å². The van der Waals surface area contributed by atoms with Gasteiger partial charge in [0.1, 0.15) is 24.1 Å². The molecule has 174 valence electrons. The van der Waals surface area contributed by atoms with Gasteiger partial charge in [0.05, 0.1) is 19.0 Å². The third-order valence-corrected chi connectivity index (χ3v) is 4.93. The van der Waals surface area contributed by atoms with E-state index < -0.39 is 5.56 Å². The fourth-order valence-corrected chi connectivity index (χ4v) is 3.28. The molecule has 3 aromatic carbocycles. The smallest absolute Gasteiger partial charge is 0.270 e. The van der Waals surface area contributed by atoms with Gasteiger partial charge >= 0.3 is 0 Å². The van der Waals surface area contributed by atoms with Crippen molar-refractivity contribution >= 4 is 12.2 Å². The second-order valence-electron chi connectivity index (χ2n) is 7.31. The van der Waals surface area contributed by atoms with Gasteiger partial charge in [0.15, 0.2) is 11.5 Å². The predicted molar refractivity (Wildman–Crippen MR) is 130 cm³/mol. The van der Waals surface area contributed by atoms with Crippen molar-refractivity contribution in [3.05, 3.63) is 106 Å². The lowest BCUT2D eigenvalue weighted by Crippen LogP contribution is -2.16. The minimum absolute atomic E-state index is 0.0824. The summed E-state index contributed by atoms with van der Waals surface area (Å²) in [5.74, 6) is 0.712. The number of hydrogen-bond donors (Lipinski definition) is 2. The van der Waals surface area contributed by atoms with Crippen molar-refractivity contribution in [2.45, 2.75) is 6.61 Å². The molecule has 0 aliphatic carbocycles. The number of nitrogens with zero attached hydrogens (tertiary/aromatic N) is 3. The molecule has 4 rings (SSSR count). The van der Waals surface area contributed by atoms with Gasteiger partial charge in [-0.2, -0.15) is 10.4 Å². The number of nitriles is 1. The molecule has 0 amide bonds. The van der Waals surface area contributed by atoms with Gasteiger partial charge < -0.3 is 9.47 Å². The number of ether oxygens (including phenoxy) is 2. The second kappa shape index (κ2) is 10.8. The van der Waals surface area contributed by atoms with Crippen molar-refractivity contribution in [2.75, 3.05) is 12.5 Å². The highest BCUT2D eigenvalue weighted by molar-refractivity contribution is 5.81. The number of hydrazone groups is 1. The lowest BCUT2D eigenvalue weighted by Gasteiger charge is -2.11. The molecule has 0 spiro atoms. The van der Waals surface area contributed by atoms with E-state index in [4.69, 9.17) is 9.47 Å². The third kappa shape index (κ3) is 5.69. The topological polar surface area (TPSA) is 112 Å². The molecule has 0 saturated heterocycles. The van der Waals surface area contributed by atoms with Crippen molar-refractivity contribution in [2.24, 2.45) is 5.10 Å². The summed E-state index contributed by atoms with van der Waals surface area (Å²) in [5.41, 5.74) is 4.28. The van der Waals surface area contributed by atoms with Crippen LogP contribution < -0.4 is 20.5 Å². The van der Waals surface area contributed by atoms with Gasteiger partial charge in [-0.05, 0) is 41.5 Å². The van der Waals surface area contributed by atoms with E-state index in [1.54, 1.807) is 54.6 Å². The number of benzene rings is 3. The standard InChI is InChI=1S/C26H20FN5O3/c1-34-22-11-10-17(13-23(22)35-16-18-6-5-9-20(27)12-18)15-29-32-26-30-24(19-7-3-2-4-8-19)21(14-28)25(33)31-26/h2-13,15H,16H2,1H3,(H2,30,31,32,33). The van der Waals surface area contributed by atoms with Crippen molar-refractivity contribution in [1.82, 2.24) is 9.97 Å². The van der Waals surface area contributed by atoms with E-state index in [9.17, 15) is 14.4 Å². The Morgan fingerprint density at radius 1 is 1.11 bits per heavy atom. The maximum Gasteiger partial charge on any atom is 0.270 e. The minimum atomic E-state index is -0.573. The SMILES string of the molecule is COc1ccc(C=NNc2nc(-c3ccccc3)c(C#N)c(=O)[nH]2)cc1OCc1cccc(F)c1. The third-order valence-electron chi connectivity index (χ3n) is 4.93. The monoisotopic (exact) mass is 469 g/mol. The van der Waals surface area contributed by atoms with Crippen LogP contribution in [0.25, 0.3) is 11.3 Å².